The summed E-state index contributed by atoms with van der Waals surface area (Å²) in [5.74, 6) is 1.32. The number of rotatable bonds is 4. The third-order valence-corrected chi connectivity index (χ3v) is 6.89. The van der Waals surface area contributed by atoms with E-state index in [1.807, 2.05) is 73.7 Å². The Morgan fingerprint density at radius 3 is 2.49 bits per heavy atom. The molecule has 2 aliphatic heterocycles. The van der Waals surface area contributed by atoms with E-state index in [-0.39, 0.29) is 18.2 Å². The number of aryl methyl sites for hydroxylation is 1. The molecule has 4 aromatic rings. The van der Waals surface area contributed by atoms with Gasteiger partial charge in [-0.1, -0.05) is 41.4 Å². The normalized spacial score (nSPS) is 17.7. The van der Waals surface area contributed by atoms with Crippen molar-refractivity contribution in [2.45, 2.75) is 25.5 Å². The first kappa shape index (κ1) is 22.0. The highest BCUT2D eigenvalue weighted by Crippen LogP contribution is 2.40. The standard InChI is InChI=1S/C28H25ClN2O4/c1-17-2-7-21(8-3-17)35-28(32)31-13-12-23-24-14-19(29)6-11-25(24)30-26(23)27(31)18-4-9-20(10-5-18)34-22-15-33-16-22/h2-11,14,22,27,30H,12-13,15-16H2,1H3/t27-/m0/s1. The fraction of sp³-hybridized carbons (Fsp3) is 0.250. The summed E-state index contributed by atoms with van der Waals surface area (Å²) in [6, 6.07) is 20.9. The Morgan fingerprint density at radius 2 is 1.77 bits per heavy atom. The molecule has 1 aromatic heterocycles. The van der Waals surface area contributed by atoms with Crippen LogP contribution in [0.25, 0.3) is 10.9 Å². The predicted molar refractivity (Wildman–Crippen MR) is 134 cm³/mol. The topological polar surface area (TPSA) is 63.8 Å². The number of carbonyl (C=O) groups is 1. The lowest BCUT2D eigenvalue weighted by Crippen LogP contribution is -2.42. The summed E-state index contributed by atoms with van der Waals surface area (Å²) in [6.45, 7) is 3.76. The molecule has 0 bridgehead atoms. The number of nitrogens with one attached hydrogen (secondary N) is 1. The van der Waals surface area contributed by atoms with Gasteiger partial charge < -0.3 is 19.2 Å². The van der Waals surface area contributed by atoms with Crippen LogP contribution >= 0.6 is 11.6 Å². The van der Waals surface area contributed by atoms with Crippen molar-refractivity contribution in [2.75, 3.05) is 19.8 Å². The lowest BCUT2D eigenvalue weighted by atomic mass is 9.92. The van der Waals surface area contributed by atoms with E-state index >= 15 is 0 Å². The van der Waals surface area contributed by atoms with Gasteiger partial charge in [0, 0.05) is 28.2 Å². The molecule has 0 spiro atoms. The van der Waals surface area contributed by atoms with Crippen molar-refractivity contribution < 1.29 is 19.0 Å². The van der Waals surface area contributed by atoms with Gasteiger partial charge in [0.15, 0.2) is 0 Å². The van der Waals surface area contributed by atoms with Crippen LogP contribution < -0.4 is 9.47 Å². The first-order chi connectivity index (χ1) is 17.0. The molecule has 1 amide bonds. The van der Waals surface area contributed by atoms with Crippen molar-refractivity contribution in [1.82, 2.24) is 9.88 Å². The number of carbonyl (C=O) groups excluding carboxylic acids is 1. The Labute approximate surface area is 208 Å². The number of nitrogens with zero attached hydrogens (tertiary/aromatic N) is 1. The van der Waals surface area contributed by atoms with Crippen molar-refractivity contribution in [3.05, 3.63) is 94.1 Å². The van der Waals surface area contributed by atoms with Crippen molar-refractivity contribution in [3.63, 3.8) is 0 Å². The van der Waals surface area contributed by atoms with Gasteiger partial charge in [-0.05, 0) is 66.9 Å². The average Bonchev–Trinajstić information content (AvgIpc) is 3.20. The van der Waals surface area contributed by atoms with E-state index in [0.29, 0.717) is 37.0 Å². The number of H-pyrrole nitrogens is 1. The SMILES string of the molecule is Cc1ccc(OC(=O)N2CCc3c([nH]c4ccc(Cl)cc34)[C@@H]2c2ccc(OC3COC3)cc2)cc1. The summed E-state index contributed by atoms with van der Waals surface area (Å²) in [7, 11) is 0. The number of halogens is 1. The molecule has 0 aliphatic carbocycles. The fourth-order valence-electron chi connectivity index (χ4n) is 4.77. The lowest BCUT2D eigenvalue weighted by Gasteiger charge is -2.35. The first-order valence-electron chi connectivity index (χ1n) is 11.7. The molecule has 35 heavy (non-hydrogen) atoms. The maximum absolute atomic E-state index is 13.4. The zero-order valence-corrected chi connectivity index (χ0v) is 20.0. The number of aromatic nitrogens is 1. The Balaban J connectivity index is 1.37. The highest BCUT2D eigenvalue weighted by atomic mass is 35.5. The molecule has 0 unspecified atom stereocenters. The van der Waals surface area contributed by atoms with Crippen LogP contribution in [0.1, 0.15) is 28.4 Å². The molecule has 178 valence electrons. The van der Waals surface area contributed by atoms with Gasteiger partial charge in [0.05, 0.1) is 13.2 Å². The molecule has 1 fully saturated rings. The van der Waals surface area contributed by atoms with Crippen LogP contribution in [0.3, 0.4) is 0 Å². The monoisotopic (exact) mass is 488 g/mol. The van der Waals surface area contributed by atoms with Gasteiger partial charge in [-0.25, -0.2) is 4.79 Å². The van der Waals surface area contributed by atoms with Crippen LogP contribution in [0.4, 0.5) is 4.79 Å². The van der Waals surface area contributed by atoms with Crippen LogP contribution in [-0.2, 0) is 11.2 Å². The van der Waals surface area contributed by atoms with E-state index in [1.165, 1.54) is 5.56 Å². The van der Waals surface area contributed by atoms with E-state index in [0.717, 1.165) is 33.5 Å². The second-order valence-electron chi connectivity index (χ2n) is 9.08. The van der Waals surface area contributed by atoms with Crippen LogP contribution in [0.15, 0.2) is 66.7 Å². The van der Waals surface area contributed by atoms with Crippen molar-refractivity contribution >= 4 is 28.6 Å². The van der Waals surface area contributed by atoms with Gasteiger partial charge in [-0.15, -0.1) is 0 Å². The summed E-state index contributed by atoms with van der Waals surface area (Å²) in [6.07, 6.45) is 0.424. The lowest BCUT2D eigenvalue weighted by molar-refractivity contribution is -0.0796. The van der Waals surface area contributed by atoms with Gasteiger partial charge in [0.25, 0.3) is 0 Å². The fourth-order valence-corrected chi connectivity index (χ4v) is 4.95. The molecule has 1 saturated heterocycles. The quantitative estimate of drug-likeness (QED) is 0.379. The molecular formula is C28H25ClN2O4. The highest BCUT2D eigenvalue weighted by molar-refractivity contribution is 6.31. The van der Waals surface area contributed by atoms with E-state index in [1.54, 1.807) is 4.90 Å². The molecule has 3 heterocycles. The van der Waals surface area contributed by atoms with Crippen LogP contribution in [0.2, 0.25) is 5.02 Å². The summed E-state index contributed by atoms with van der Waals surface area (Å²) in [5.41, 5.74) is 5.25. The Kier molecular flexibility index (Phi) is 5.63. The van der Waals surface area contributed by atoms with E-state index < -0.39 is 0 Å². The van der Waals surface area contributed by atoms with Gasteiger partial charge in [0.2, 0.25) is 0 Å². The highest BCUT2D eigenvalue weighted by Gasteiger charge is 2.36. The number of hydrogen-bond acceptors (Lipinski definition) is 4. The summed E-state index contributed by atoms with van der Waals surface area (Å²) in [4.78, 5) is 18.7. The van der Waals surface area contributed by atoms with Crippen molar-refractivity contribution in [3.8, 4) is 11.5 Å². The molecule has 7 heteroatoms. The number of ether oxygens (including phenoxy) is 3. The molecular weight excluding hydrogens is 464 g/mol. The van der Waals surface area contributed by atoms with E-state index in [2.05, 4.69) is 4.98 Å². The van der Waals surface area contributed by atoms with Gasteiger partial charge in [-0.3, -0.25) is 4.90 Å². The second kappa shape index (κ2) is 8.95. The largest absolute Gasteiger partial charge is 0.486 e. The third kappa shape index (κ3) is 4.24. The molecule has 1 atom stereocenters. The molecule has 2 aliphatic rings. The molecule has 0 radical (unpaired) electrons. The smallest absolute Gasteiger partial charge is 0.416 e. The number of fused-ring (bicyclic) bond motifs is 3. The van der Waals surface area contributed by atoms with E-state index in [9.17, 15) is 4.79 Å². The van der Waals surface area contributed by atoms with Crippen LogP contribution in [-0.4, -0.2) is 41.8 Å². The molecule has 0 saturated carbocycles. The predicted octanol–water partition coefficient (Wildman–Crippen LogP) is 6.05. The Hall–Kier alpha value is -3.48. The maximum atomic E-state index is 13.4. The van der Waals surface area contributed by atoms with Gasteiger partial charge in [0.1, 0.15) is 23.6 Å². The first-order valence-corrected chi connectivity index (χ1v) is 12.1. The Morgan fingerprint density at radius 1 is 1.03 bits per heavy atom. The van der Waals surface area contributed by atoms with Gasteiger partial charge >= 0.3 is 6.09 Å². The molecule has 6 rings (SSSR count). The molecule has 3 aromatic carbocycles. The summed E-state index contributed by atoms with van der Waals surface area (Å²) in [5, 5.41) is 1.78. The summed E-state index contributed by atoms with van der Waals surface area (Å²) >= 11 is 6.31. The third-order valence-electron chi connectivity index (χ3n) is 6.66. The van der Waals surface area contributed by atoms with E-state index in [4.69, 9.17) is 25.8 Å². The number of benzene rings is 3. The van der Waals surface area contributed by atoms with Crippen LogP contribution in [0.5, 0.6) is 11.5 Å². The zero-order valence-electron chi connectivity index (χ0n) is 19.3. The molecule has 1 N–H and O–H groups in total. The zero-order chi connectivity index (χ0) is 23.9. The minimum absolute atomic E-state index is 0.0987. The maximum Gasteiger partial charge on any atom is 0.416 e. The minimum atomic E-state index is -0.381. The van der Waals surface area contributed by atoms with Gasteiger partial charge in [-0.2, -0.15) is 0 Å². The Bertz CT molecular complexity index is 1380. The minimum Gasteiger partial charge on any atom is -0.486 e. The number of aromatic amines is 1. The average molecular weight is 489 g/mol. The second-order valence-corrected chi connectivity index (χ2v) is 9.52. The number of amides is 1. The summed E-state index contributed by atoms with van der Waals surface area (Å²) < 4.78 is 16.9. The number of hydrogen-bond donors (Lipinski definition) is 1. The van der Waals surface area contributed by atoms with Crippen molar-refractivity contribution in [2.24, 2.45) is 0 Å². The van der Waals surface area contributed by atoms with Crippen molar-refractivity contribution in [1.29, 1.82) is 0 Å². The molecule has 6 nitrogen and oxygen atoms in total. The van der Waals surface area contributed by atoms with Crippen LogP contribution in [0, 0.1) is 6.92 Å².